The quantitative estimate of drug-likeness (QED) is 0.879. The maximum absolute atomic E-state index is 12.1. The van der Waals surface area contributed by atoms with Crippen LogP contribution < -0.4 is 5.32 Å². The summed E-state index contributed by atoms with van der Waals surface area (Å²) in [5.74, 6) is 1.42. The summed E-state index contributed by atoms with van der Waals surface area (Å²) in [5.41, 5.74) is 1.24. The summed E-state index contributed by atoms with van der Waals surface area (Å²) in [6.45, 7) is 0. The summed E-state index contributed by atoms with van der Waals surface area (Å²) in [6.07, 6.45) is 5.03. The van der Waals surface area contributed by atoms with E-state index in [4.69, 9.17) is 5.26 Å². The maximum atomic E-state index is 12.1. The van der Waals surface area contributed by atoms with Crippen molar-refractivity contribution < 1.29 is 4.79 Å². The number of carbonyl (C=O) groups is 1. The Morgan fingerprint density at radius 1 is 1.17 bits per heavy atom. The van der Waals surface area contributed by atoms with E-state index in [0.717, 1.165) is 0 Å². The topological polar surface area (TPSA) is 52.9 Å². The van der Waals surface area contributed by atoms with Crippen LogP contribution in [0.5, 0.6) is 0 Å². The smallest absolute Gasteiger partial charge is 0.251 e. The summed E-state index contributed by atoms with van der Waals surface area (Å²) >= 11 is 0. The van der Waals surface area contributed by atoms with Gasteiger partial charge in [0, 0.05) is 11.6 Å². The third-order valence-corrected chi connectivity index (χ3v) is 3.83. The molecule has 2 aliphatic carbocycles. The van der Waals surface area contributed by atoms with Gasteiger partial charge < -0.3 is 5.32 Å². The van der Waals surface area contributed by atoms with E-state index in [2.05, 4.69) is 11.4 Å². The number of nitrogens with one attached hydrogen (secondary N) is 1. The van der Waals surface area contributed by atoms with E-state index < -0.39 is 0 Å². The first-order valence-corrected chi connectivity index (χ1v) is 6.59. The Labute approximate surface area is 107 Å². The molecule has 1 N–H and O–H groups in total. The lowest BCUT2D eigenvalue weighted by molar-refractivity contribution is 0.0926. The zero-order chi connectivity index (χ0) is 12.5. The van der Waals surface area contributed by atoms with Gasteiger partial charge in [-0.25, -0.2) is 0 Å². The van der Waals surface area contributed by atoms with E-state index in [1.165, 1.54) is 25.7 Å². The molecule has 3 heteroatoms. The molecule has 0 aromatic heterocycles. The second-order valence-corrected chi connectivity index (χ2v) is 5.36. The van der Waals surface area contributed by atoms with Gasteiger partial charge in [-0.05, 0) is 61.8 Å². The van der Waals surface area contributed by atoms with Crippen molar-refractivity contribution in [2.75, 3.05) is 0 Å². The van der Waals surface area contributed by atoms with Gasteiger partial charge in [-0.3, -0.25) is 4.79 Å². The molecule has 3 nitrogen and oxygen atoms in total. The lowest BCUT2D eigenvalue weighted by atomic mass is 10.1. The molecule has 0 heterocycles. The summed E-state index contributed by atoms with van der Waals surface area (Å²) in [7, 11) is 0. The molecule has 2 aliphatic rings. The van der Waals surface area contributed by atoms with Gasteiger partial charge in [-0.15, -0.1) is 0 Å². The van der Waals surface area contributed by atoms with Crippen molar-refractivity contribution in [2.24, 2.45) is 11.8 Å². The number of benzene rings is 1. The zero-order valence-corrected chi connectivity index (χ0v) is 10.2. The first kappa shape index (κ1) is 11.3. The molecular weight excluding hydrogens is 224 g/mol. The van der Waals surface area contributed by atoms with Gasteiger partial charge in [0.05, 0.1) is 11.6 Å². The standard InChI is InChI=1S/C15H16N2O/c16-9-10-1-3-13(4-2-10)15(18)17-14(11-5-6-11)12-7-8-12/h1-4,11-12,14H,5-8H2,(H,17,18). The van der Waals surface area contributed by atoms with Crippen LogP contribution in [0.25, 0.3) is 0 Å². The van der Waals surface area contributed by atoms with Gasteiger partial charge in [-0.2, -0.15) is 5.26 Å². The highest BCUT2D eigenvalue weighted by Crippen LogP contribution is 2.44. The van der Waals surface area contributed by atoms with E-state index in [1.807, 2.05) is 0 Å². The molecular formula is C15H16N2O. The van der Waals surface area contributed by atoms with Crippen LogP contribution >= 0.6 is 0 Å². The molecule has 0 bridgehead atoms. The van der Waals surface area contributed by atoms with E-state index in [-0.39, 0.29) is 5.91 Å². The highest BCUT2D eigenvalue weighted by molar-refractivity contribution is 5.94. The first-order chi connectivity index (χ1) is 8.78. The Morgan fingerprint density at radius 2 is 1.72 bits per heavy atom. The molecule has 92 valence electrons. The Hall–Kier alpha value is -1.82. The van der Waals surface area contributed by atoms with Crippen LogP contribution in [0.4, 0.5) is 0 Å². The molecule has 2 fully saturated rings. The normalized spacial score (nSPS) is 18.4. The average Bonchev–Trinajstić information content (AvgIpc) is 3.29. The van der Waals surface area contributed by atoms with Crippen molar-refractivity contribution in [2.45, 2.75) is 31.7 Å². The Morgan fingerprint density at radius 3 is 2.17 bits per heavy atom. The summed E-state index contributed by atoms with van der Waals surface area (Å²) in [6, 6.07) is 9.28. The minimum Gasteiger partial charge on any atom is -0.349 e. The summed E-state index contributed by atoms with van der Waals surface area (Å²) in [5, 5.41) is 11.9. The van der Waals surface area contributed by atoms with Crippen molar-refractivity contribution in [3.8, 4) is 6.07 Å². The lowest BCUT2D eigenvalue weighted by Gasteiger charge is -2.17. The zero-order valence-electron chi connectivity index (χ0n) is 10.2. The molecule has 3 rings (SSSR count). The minimum atomic E-state index is 0.00305. The number of nitriles is 1. The number of carbonyl (C=O) groups excluding carboxylic acids is 1. The molecule has 1 aromatic carbocycles. The molecule has 1 amide bonds. The fourth-order valence-corrected chi connectivity index (χ4v) is 2.46. The second kappa shape index (κ2) is 4.45. The molecule has 0 atom stereocenters. The van der Waals surface area contributed by atoms with Gasteiger partial charge in [0.1, 0.15) is 0 Å². The molecule has 0 radical (unpaired) electrons. The fraction of sp³-hybridized carbons (Fsp3) is 0.467. The highest BCUT2D eigenvalue weighted by Gasteiger charge is 2.42. The first-order valence-electron chi connectivity index (χ1n) is 6.59. The predicted octanol–water partition coefficient (Wildman–Crippen LogP) is 2.48. The second-order valence-electron chi connectivity index (χ2n) is 5.36. The monoisotopic (exact) mass is 240 g/mol. The van der Waals surface area contributed by atoms with Crippen LogP contribution in [-0.4, -0.2) is 11.9 Å². The number of hydrogen-bond acceptors (Lipinski definition) is 2. The summed E-state index contributed by atoms with van der Waals surface area (Å²) < 4.78 is 0. The Bertz CT molecular complexity index is 480. The van der Waals surface area contributed by atoms with Crippen LogP contribution in [0.1, 0.15) is 41.6 Å². The van der Waals surface area contributed by atoms with Crippen molar-refractivity contribution in [3.63, 3.8) is 0 Å². The Kier molecular flexibility index (Phi) is 2.79. The molecule has 0 spiro atoms. The third-order valence-electron chi connectivity index (χ3n) is 3.83. The minimum absolute atomic E-state index is 0.00305. The molecule has 18 heavy (non-hydrogen) atoms. The van der Waals surface area contributed by atoms with Gasteiger partial charge in [-0.1, -0.05) is 0 Å². The molecule has 0 aliphatic heterocycles. The van der Waals surface area contributed by atoms with Crippen LogP contribution in [0.15, 0.2) is 24.3 Å². The number of nitrogens with zero attached hydrogens (tertiary/aromatic N) is 1. The summed E-state index contributed by atoms with van der Waals surface area (Å²) in [4.78, 5) is 12.1. The third kappa shape index (κ3) is 2.38. The number of hydrogen-bond donors (Lipinski definition) is 1. The van der Waals surface area contributed by atoms with Crippen LogP contribution in [0.2, 0.25) is 0 Å². The van der Waals surface area contributed by atoms with E-state index in [1.54, 1.807) is 24.3 Å². The van der Waals surface area contributed by atoms with E-state index in [0.29, 0.717) is 29.0 Å². The molecule has 1 aromatic rings. The van der Waals surface area contributed by atoms with Gasteiger partial charge in [0.15, 0.2) is 0 Å². The van der Waals surface area contributed by atoms with Gasteiger partial charge in [0.25, 0.3) is 5.91 Å². The van der Waals surface area contributed by atoms with Crippen LogP contribution in [-0.2, 0) is 0 Å². The van der Waals surface area contributed by atoms with E-state index >= 15 is 0 Å². The van der Waals surface area contributed by atoms with Crippen molar-refractivity contribution >= 4 is 5.91 Å². The Balaban J connectivity index is 1.67. The van der Waals surface area contributed by atoms with E-state index in [9.17, 15) is 4.79 Å². The molecule has 0 unspecified atom stereocenters. The lowest BCUT2D eigenvalue weighted by Crippen LogP contribution is -2.38. The average molecular weight is 240 g/mol. The predicted molar refractivity (Wildman–Crippen MR) is 67.9 cm³/mol. The van der Waals surface area contributed by atoms with Crippen molar-refractivity contribution in [1.82, 2.24) is 5.32 Å². The maximum Gasteiger partial charge on any atom is 0.251 e. The largest absolute Gasteiger partial charge is 0.349 e. The number of amides is 1. The van der Waals surface area contributed by atoms with Gasteiger partial charge in [0.2, 0.25) is 0 Å². The van der Waals surface area contributed by atoms with Crippen molar-refractivity contribution in [1.29, 1.82) is 5.26 Å². The van der Waals surface area contributed by atoms with Crippen LogP contribution in [0, 0.1) is 23.2 Å². The fourth-order valence-electron chi connectivity index (χ4n) is 2.46. The highest BCUT2D eigenvalue weighted by atomic mass is 16.1. The van der Waals surface area contributed by atoms with Crippen molar-refractivity contribution in [3.05, 3.63) is 35.4 Å². The number of rotatable bonds is 4. The SMILES string of the molecule is N#Cc1ccc(C(=O)NC(C2CC2)C2CC2)cc1. The van der Waals surface area contributed by atoms with Gasteiger partial charge >= 0.3 is 0 Å². The molecule has 0 saturated heterocycles. The molecule has 2 saturated carbocycles. The van der Waals surface area contributed by atoms with Crippen LogP contribution in [0.3, 0.4) is 0 Å².